The van der Waals surface area contributed by atoms with Gasteiger partial charge in [-0.2, -0.15) is 5.26 Å². The van der Waals surface area contributed by atoms with Gasteiger partial charge in [0.2, 0.25) is 0 Å². The molecule has 1 aromatic carbocycles. The first kappa shape index (κ1) is 11.5. The van der Waals surface area contributed by atoms with Crippen LogP contribution in [0.4, 0.5) is 0 Å². The number of benzene rings is 1. The Bertz CT molecular complexity index is 491. The van der Waals surface area contributed by atoms with Gasteiger partial charge in [0.1, 0.15) is 11.8 Å². The monoisotopic (exact) mass is 230 g/mol. The van der Waals surface area contributed by atoms with Gasteiger partial charge in [0.25, 0.3) is 5.91 Å². The minimum atomic E-state index is -0.358. The molecule has 1 heterocycles. The molecule has 4 nitrogen and oxygen atoms in total. The number of aryl methyl sites for hydroxylation is 1. The number of carbonyl (C=O) groups excluding carboxylic acids is 1. The van der Waals surface area contributed by atoms with Crippen LogP contribution in [-0.2, 0) is 0 Å². The Kier molecular flexibility index (Phi) is 3.01. The van der Waals surface area contributed by atoms with Gasteiger partial charge in [-0.1, -0.05) is 6.07 Å². The lowest BCUT2D eigenvalue weighted by molar-refractivity contribution is 0.0762. The summed E-state index contributed by atoms with van der Waals surface area (Å²) in [6, 6.07) is 6.71. The standard InChI is InChI=1S/C13H14N2O2/c1-9-4-5-11(12(16)7-9)13(17)15-6-2-3-10(15)8-14/h4-5,7,10,16H,2-3,6H2,1H3. The molecule has 1 saturated heterocycles. The lowest BCUT2D eigenvalue weighted by Gasteiger charge is -2.20. The number of nitriles is 1. The van der Waals surface area contributed by atoms with E-state index in [0.717, 1.165) is 18.4 Å². The molecule has 1 aromatic rings. The molecule has 0 saturated carbocycles. The Labute approximate surface area is 100 Å². The second-order valence-electron chi connectivity index (χ2n) is 4.31. The second-order valence-corrected chi connectivity index (χ2v) is 4.31. The lowest BCUT2D eigenvalue weighted by Crippen LogP contribution is -2.34. The van der Waals surface area contributed by atoms with Crippen molar-refractivity contribution in [3.05, 3.63) is 29.3 Å². The number of aromatic hydroxyl groups is 1. The van der Waals surface area contributed by atoms with Gasteiger partial charge in [-0.3, -0.25) is 4.79 Å². The van der Waals surface area contributed by atoms with Crippen molar-refractivity contribution < 1.29 is 9.90 Å². The van der Waals surface area contributed by atoms with Gasteiger partial charge in [-0.15, -0.1) is 0 Å². The third kappa shape index (κ3) is 2.09. The van der Waals surface area contributed by atoms with E-state index in [1.165, 1.54) is 4.90 Å². The predicted octanol–water partition coefficient (Wildman–Crippen LogP) is 1.83. The van der Waals surface area contributed by atoms with E-state index >= 15 is 0 Å². The molecule has 0 radical (unpaired) electrons. The Hall–Kier alpha value is -2.02. The number of amides is 1. The number of hydrogen-bond acceptors (Lipinski definition) is 3. The van der Waals surface area contributed by atoms with Crippen LogP contribution in [0.1, 0.15) is 28.8 Å². The molecule has 4 heteroatoms. The molecule has 1 aliphatic heterocycles. The summed E-state index contributed by atoms with van der Waals surface area (Å²) in [5, 5.41) is 18.7. The molecular formula is C13H14N2O2. The molecule has 88 valence electrons. The van der Waals surface area contributed by atoms with Crippen molar-refractivity contribution in [2.75, 3.05) is 6.54 Å². The van der Waals surface area contributed by atoms with Crippen molar-refractivity contribution in [3.63, 3.8) is 0 Å². The quantitative estimate of drug-likeness (QED) is 0.800. The summed E-state index contributed by atoms with van der Waals surface area (Å²) in [5.74, 6) is -0.273. The number of likely N-dealkylation sites (tertiary alicyclic amines) is 1. The maximum absolute atomic E-state index is 12.2. The van der Waals surface area contributed by atoms with E-state index in [1.807, 2.05) is 6.92 Å². The summed E-state index contributed by atoms with van der Waals surface area (Å²) in [5.41, 5.74) is 1.18. The number of phenolic OH excluding ortho intramolecular Hbond substituents is 1. The van der Waals surface area contributed by atoms with Crippen LogP contribution in [0.3, 0.4) is 0 Å². The molecule has 1 amide bonds. The van der Waals surface area contributed by atoms with Crippen LogP contribution in [0.25, 0.3) is 0 Å². The number of phenols is 1. The van der Waals surface area contributed by atoms with Crippen molar-refractivity contribution in [3.8, 4) is 11.8 Å². The van der Waals surface area contributed by atoms with Crippen molar-refractivity contribution in [2.45, 2.75) is 25.8 Å². The van der Waals surface area contributed by atoms with Crippen LogP contribution in [0.2, 0.25) is 0 Å². The van der Waals surface area contributed by atoms with Crippen LogP contribution < -0.4 is 0 Å². The molecule has 1 atom stereocenters. The maximum Gasteiger partial charge on any atom is 0.258 e. The Balaban J connectivity index is 2.28. The fourth-order valence-electron chi connectivity index (χ4n) is 2.12. The Morgan fingerprint density at radius 2 is 2.35 bits per heavy atom. The first-order chi connectivity index (χ1) is 8.13. The highest BCUT2D eigenvalue weighted by molar-refractivity contribution is 5.97. The van der Waals surface area contributed by atoms with Crippen LogP contribution in [0.15, 0.2) is 18.2 Å². The van der Waals surface area contributed by atoms with Gasteiger partial charge < -0.3 is 10.0 Å². The number of hydrogen-bond donors (Lipinski definition) is 1. The SMILES string of the molecule is Cc1ccc(C(=O)N2CCCC2C#N)c(O)c1. The predicted molar refractivity (Wildman–Crippen MR) is 62.5 cm³/mol. The summed E-state index contributed by atoms with van der Waals surface area (Å²) in [4.78, 5) is 13.7. The lowest BCUT2D eigenvalue weighted by atomic mass is 10.1. The van der Waals surface area contributed by atoms with Gasteiger partial charge >= 0.3 is 0 Å². The van der Waals surface area contributed by atoms with Crippen LogP contribution in [0, 0.1) is 18.3 Å². The highest BCUT2D eigenvalue weighted by Crippen LogP contribution is 2.24. The van der Waals surface area contributed by atoms with Crippen LogP contribution >= 0.6 is 0 Å². The fraction of sp³-hybridized carbons (Fsp3) is 0.385. The largest absolute Gasteiger partial charge is 0.507 e. The molecule has 1 N–H and O–H groups in total. The highest BCUT2D eigenvalue weighted by Gasteiger charge is 2.30. The molecular weight excluding hydrogens is 216 g/mol. The average Bonchev–Trinajstić information content (AvgIpc) is 2.76. The van der Waals surface area contributed by atoms with E-state index in [9.17, 15) is 9.90 Å². The van der Waals surface area contributed by atoms with E-state index in [0.29, 0.717) is 6.54 Å². The summed E-state index contributed by atoms with van der Waals surface area (Å²) in [7, 11) is 0. The first-order valence-corrected chi connectivity index (χ1v) is 5.63. The maximum atomic E-state index is 12.2. The molecule has 1 unspecified atom stereocenters. The minimum absolute atomic E-state index is 0.0152. The molecule has 0 aliphatic carbocycles. The van der Waals surface area contributed by atoms with Gasteiger partial charge in [-0.05, 0) is 37.5 Å². The summed E-state index contributed by atoms with van der Waals surface area (Å²) >= 11 is 0. The smallest absolute Gasteiger partial charge is 0.258 e. The number of rotatable bonds is 1. The molecule has 1 fully saturated rings. The van der Waals surface area contributed by atoms with E-state index in [1.54, 1.807) is 18.2 Å². The number of nitrogens with zero attached hydrogens (tertiary/aromatic N) is 2. The van der Waals surface area contributed by atoms with E-state index in [4.69, 9.17) is 5.26 Å². The third-order valence-electron chi connectivity index (χ3n) is 3.05. The van der Waals surface area contributed by atoms with Gasteiger partial charge in [0, 0.05) is 6.54 Å². The van der Waals surface area contributed by atoms with Crippen molar-refractivity contribution in [1.29, 1.82) is 5.26 Å². The molecule has 0 spiro atoms. The van der Waals surface area contributed by atoms with E-state index < -0.39 is 0 Å². The molecule has 0 bridgehead atoms. The summed E-state index contributed by atoms with van der Waals surface area (Å²) in [6.07, 6.45) is 1.56. The van der Waals surface area contributed by atoms with Gasteiger partial charge in [0.15, 0.2) is 0 Å². The highest BCUT2D eigenvalue weighted by atomic mass is 16.3. The first-order valence-electron chi connectivity index (χ1n) is 5.63. The Morgan fingerprint density at radius 3 is 3.00 bits per heavy atom. The second kappa shape index (κ2) is 4.46. The normalized spacial score (nSPS) is 19.1. The Morgan fingerprint density at radius 1 is 1.59 bits per heavy atom. The van der Waals surface area contributed by atoms with Crippen molar-refractivity contribution >= 4 is 5.91 Å². The van der Waals surface area contributed by atoms with Crippen LogP contribution in [-0.4, -0.2) is 28.5 Å². The van der Waals surface area contributed by atoms with Crippen molar-refractivity contribution in [2.24, 2.45) is 0 Å². The van der Waals surface area contributed by atoms with E-state index in [2.05, 4.69) is 6.07 Å². The fourth-order valence-corrected chi connectivity index (χ4v) is 2.12. The zero-order valence-electron chi connectivity index (χ0n) is 9.68. The van der Waals surface area contributed by atoms with Crippen LogP contribution in [0.5, 0.6) is 5.75 Å². The topological polar surface area (TPSA) is 64.3 Å². The van der Waals surface area contributed by atoms with Gasteiger partial charge in [-0.25, -0.2) is 0 Å². The summed E-state index contributed by atoms with van der Waals surface area (Å²) < 4.78 is 0. The molecule has 0 aromatic heterocycles. The van der Waals surface area contributed by atoms with E-state index in [-0.39, 0.29) is 23.3 Å². The number of carbonyl (C=O) groups is 1. The third-order valence-corrected chi connectivity index (χ3v) is 3.05. The zero-order valence-corrected chi connectivity index (χ0v) is 9.68. The van der Waals surface area contributed by atoms with Gasteiger partial charge in [0.05, 0.1) is 11.6 Å². The zero-order chi connectivity index (χ0) is 12.4. The molecule has 17 heavy (non-hydrogen) atoms. The van der Waals surface area contributed by atoms with Crippen molar-refractivity contribution in [1.82, 2.24) is 4.90 Å². The molecule has 1 aliphatic rings. The average molecular weight is 230 g/mol. The summed E-state index contributed by atoms with van der Waals surface area (Å²) in [6.45, 7) is 2.44. The molecule has 2 rings (SSSR count). The minimum Gasteiger partial charge on any atom is -0.507 e.